The van der Waals surface area contributed by atoms with Crippen LogP contribution >= 0.6 is 0 Å². The van der Waals surface area contributed by atoms with E-state index >= 15 is 0 Å². The summed E-state index contributed by atoms with van der Waals surface area (Å²) in [5, 5.41) is 11.2. The highest BCUT2D eigenvalue weighted by Crippen LogP contribution is 2.24. The zero-order chi connectivity index (χ0) is 24.5. The topological polar surface area (TPSA) is 60.9 Å². The zero-order valence-electron chi connectivity index (χ0n) is 19.5. The first-order valence-corrected chi connectivity index (χ1v) is 13.1. The Morgan fingerprint density at radius 1 is 0.600 bits per heavy atom. The number of aliphatic hydroxyl groups excluding tert-OH is 1. The van der Waals surface area contributed by atoms with Crippen molar-refractivity contribution < 1.29 is 13.5 Å². The van der Waals surface area contributed by atoms with Crippen LogP contribution in [0.4, 0.5) is 5.69 Å². The van der Waals surface area contributed by atoms with Crippen LogP contribution in [-0.2, 0) is 23.1 Å². The van der Waals surface area contributed by atoms with Crippen LogP contribution < -0.4 is 4.31 Å². The fourth-order valence-electron chi connectivity index (χ4n) is 4.07. The third-order valence-electron chi connectivity index (χ3n) is 5.72. The van der Waals surface area contributed by atoms with E-state index in [0.29, 0.717) is 25.3 Å². The van der Waals surface area contributed by atoms with Crippen molar-refractivity contribution >= 4 is 15.7 Å². The minimum Gasteiger partial charge on any atom is -0.390 e. The Labute approximate surface area is 208 Å². The molecule has 0 amide bonds. The highest BCUT2D eigenvalue weighted by molar-refractivity contribution is 7.92. The van der Waals surface area contributed by atoms with Crippen LogP contribution in [-0.4, -0.2) is 37.6 Å². The van der Waals surface area contributed by atoms with E-state index in [4.69, 9.17) is 0 Å². The molecule has 0 aliphatic heterocycles. The van der Waals surface area contributed by atoms with E-state index in [0.717, 1.165) is 11.1 Å². The summed E-state index contributed by atoms with van der Waals surface area (Å²) in [7, 11) is -3.85. The number of hydrogen-bond donors (Lipinski definition) is 1. The molecule has 0 saturated carbocycles. The Bertz CT molecular complexity index is 1230. The van der Waals surface area contributed by atoms with Gasteiger partial charge in [0, 0.05) is 19.6 Å². The van der Waals surface area contributed by atoms with Crippen LogP contribution in [0.5, 0.6) is 0 Å². The van der Waals surface area contributed by atoms with Gasteiger partial charge in [-0.2, -0.15) is 0 Å². The number of nitrogens with zero attached hydrogens (tertiary/aromatic N) is 2. The SMILES string of the molecule is O=S(=O)(c1ccccc1)N(C[C@H](O)CN(Cc1ccccc1)Cc1ccccc1)c1ccccc1. The largest absolute Gasteiger partial charge is 0.390 e. The van der Waals surface area contributed by atoms with Crippen molar-refractivity contribution in [2.45, 2.75) is 24.1 Å². The number of hydrogen-bond acceptors (Lipinski definition) is 4. The van der Waals surface area contributed by atoms with Gasteiger partial charge < -0.3 is 5.11 Å². The molecule has 0 aromatic heterocycles. The lowest BCUT2D eigenvalue weighted by Crippen LogP contribution is -2.42. The predicted octanol–water partition coefficient (Wildman–Crippen LogP) is 4.95. The van der Waals surface area contributed by atoms with Gasteiger partial charge >= 0.3 is 0 Å². The Kier molecular flexibility index (Phi) is 8.32. The minimum atomic E-state index is -3.85. The number of anilines is 1. The first kappa shape index (κ1) is 24.7. The zero-order valence-corrected chi connectivity index (χ0v) is 20.3. The maximum Gasteiger partial charge on any atom is 0.264 e. The highest BCUT2D eigenvalue weighted by atomic mass is 32.2. The second-order valence-corrected chi connectivity index (χ2v) is 10.3. The van der Waals surface area contributed by atoms with E-state index in [-0.39, 0.29) is 11.4 Å². The monoisotopic (exact) mass is 486 g/mol. The number of para-hydroxylation sites is 1. The molecule has 0 heterocycles. The molecule has 0 bridgehead atoms. The van der Waals surface area contributed by atoms with Gasteiger partial charge in [0.15, 0.2) is 0 Å². The number of aliphatic hydroxyl groups is 1. The van der Waals surface area contributed by atoms with Crippen LogP contribution in [0.2, 0.25) is 0 Å². The van der Waals surface area contributed by atoms with E-state index in [1.165, 1.54) is 4.31 Å². The molecular formula is C29H30N2O3S. The molecule has 4 aromatic carbocycles. The van der Waals surface area contributed by atoms with Crippen molar-refractivity contribution in [1.29, 1.82) is 0 Å². The quantitative estimate of drug-likeness (QED) is 0.326. The van der Waals surface area contributed by atoms with E-state index in [9.17, 15) is 13.5 Å². The van der Waals surface area contributed by atoms with Crippen LogP contribution in [0.25, 0.3) is 0 Å². The molecule has 5 nitrogen and oxygen atoms in total. The lowest BCUT2D eigenvalue weighted by molar-refractivity contribution is 0.111. The first-order chi connectivity index (χ1) is 17.0. The smallest absolute Gasteiger partial charge is 0.264 e. The molecule has 0 spiro atoms. The van der Waals surface area contributed by atoms with Gasteiger partial charge in [-0.15, -0.1) is 0 Å². The lowest BCUT2D eigenvalue weighted by Gasteiger charge is -2.30. The second-order valence-electron chi connectivity index (χ2n) is 8.48. The van der Waals surface area contributed by atoms with Gasteiger partial charge in [0.1, 0.15) is 0 Å². The van der Waals surface area contributed by atoms with E-state index in [1.54, 1.807) is 54.6 Å². The average molecular weight is 487 g/mol. The predicted molar refractivity (Wildman–Crippen MR) is 140 cm³/mol. The molecule has 1 atom stereocenters. The molecule has 4 aromatic rings. The maximum atomic E-state index is 13.5. The summed E-state index contributed by atoms with van der Waals surface area (Å²) < 4.78 is 28.4. The van der Waals surface area contributed by atoms with Crippen LogP contribution in [0, 0.1) is 0 Å². The minimum absolute atomic E-state index is 0.0542. The van der Waals surface area contributed by atoms with Crippen LogP contribution in [0.3, 0.4) is 0 Å². The summed E-state index contributed by atoms with van der Waals surface area (Å²) in [6, 6.07) is 37.4. The number of rotatable bonds is 11. The van der Waals surface area contributed by atoms with Crippen LogP contribution in [0.15, 0.2) is 126 Å². The molecule has 4 rings (SSSR count). The molecule has 6 heteroatoms. The van der Waals surface area contributed by atoms with Gasteiger partial charge in [-0.1, -0.05) is 97.1 Å². The van der Waals surface area contributed by atoms with Gasteiger partial charge in [-0.05, 0) is 35.4 Å². The fraction of sp³-hybridized carbons (Fsp3) is 0.172. The van der Waals surface area contributed by atoms with Crippen molar-refractivity contribution in [3.63, 3.8) is 0 Å². The fourth-order valence-corrected chi connectivity index (χ4v) is 5.59. The molecule has 0 unspecified atom stereocenters. The molecule has 0 aliphatic rings. The highest BCUT2D eigenvalue weighted by Gasteiger charge is 2.27. The summed E-state index contributed by atoms with van der Waals surface area (Å²) in [6.07, 6.45) is -0.902. The lowest BCUT2D eigenvalue weighted by atomic mass is 10.1. The number of benzene rings is 4. The Morgan fingerprint density at radius 2 is 1.03 bits per heavy atom. The standard InChI is InChI=1S/C29H30N2O3S/c32-28(23-30(21-25-13-5-1-6-14-25)22-26-15-7-2-8-16-26)24-31(27-17-9-3-10-18-27)35(33,34)29-19-11-4-12-20-29/h1-20,28,32H,21-24H2/t28-/m1/s1. The van der Waals surface area contributed by atoms with Crippen molar-refractivity contribution in [2.24, 2.45) is 0 Å². The molecule has 0 fully saturated rings. The number of sulfonamides is 1. The average Bonchev–Trinajstić information content (AvgIpc) is 2.89. The Balaban J connectivity index is 1.57. The summed E-state index contributed by atoms with van der Waals surface area (Å²) in [5.74, 6) is 0. The van der Waals surface area contributed by atoms with Crippen LogP contribution in [0.1, 0.15) is 11.1 Å². The third-order valence-corrected chi connectivity index (χ3v) is 7.53. The van der Waals surface area contributed by atoms with Gasteiger partial charge in [0.2, 0.25) is 0 Å². The van der Waals surface area contributed by atoms with Gasteiger partial charge in [0.25, 0.3) is 10.0 Å². The molecule has 1 N–H and O–H groups in total. The van der Waals surface area contributed by atoms with Crippen molar-refractivity contribution in [3.05, 3.63) is 132 Å². The second kappa shape index (κ2) is 11.8. The van der Waals surface area contributed by atoms with Crippen molar-refractivity contribution in [2.75, 3.05) is 17.4 Å². The van der Waals surface area contributed by atoms with Gasteiger partial charge in [-0.3, -0.25) is 9.21 Å². The van der Waals surface area contributed by atoms with E-state index in [1.807, 2.05) is 42.5 Å². The van der Waals surface area contributed by atoms with E-state index in [2.05, 4.69) is 29.2 Å². The first-order valence-electron chi connectivity index (χ1n) is 11.6. The molecule has 0 saturated heterocycles. The summed E-state index contributed by atoms with van der Waals surface area (Å²) in [6.45, 7) is 1.55. The molecule has 0 aliphatic carbocycles. The van der Waals surface area contributed by atoms with E-state index < -0.39 is 16.1 Å². The summed E-state index contributed by atoms with van der Waals surface area (Å²) in [4.78, 5) is 2.34. The van der Waals surface area contributed by atoms with Crippen molar-refractivity contribution in [1.82, 2.24) is 4.90 Å². The molecular weight excluding hydrogens is 456 g/mol. The Morgan fingerprint density at radius 3 is 1.51 bits per heavy atom. The maximum absolute atomic E-state index is 13.5. The molecule has 0 radical (unpaired) electrons. The summed E-state index contributed by atoms with van der Waals surface area (Å²) >= 11 is 0. The molecule has 35 heavy (non-hydrogen) atoms. The van der Waals surface area contributed by atoms with Gasteiger partial charge in [-0.25, -0.2) is 8.42 Å². The van der Waals surface area contributed by atoms with Gasteiger partial charge in [0.05, 0.1) is 23.2 Å². The Hall–Kier alpha value is -3.45. The van der Waals surface area contributed by atoms with Crippen molar-refractivity contribution in [3.8, 4) is 0 Å². The third kappa shape index (κ3) is 6.79. The molecule has 180 valence electrons. The normalized spacial score (nSPS) is 12.4. The summed E-state index contributed by atoms with van der Waals surface area (Å²) in [5.41, 5.74) is 2.79.